The first-order valence-corrected chi connectivity index (χ1v) is 5.61. The molecule has 1 heterocycles. The number of halogens is 2. The van der Waals surface area contributed by atoms with E-state index in [2.05, 4.69) is 9.97 Å². The Balaban J connectivity index is 2.89. The summed E-state index contributed by atoms with van der Waals surface area (Å²) < 4.78 is 5.17. The number of ether oxygens (including phenoxy) is 1. The van der Waals surface area contributed by atoms with Gasteiger partial charge in [-0.1, -0.05) is 11.6 Å². The average Bonchev–Trinajstić information content (AvgIpc) is 2.12. The van der Waals surface area contributed by atoms with Gasteiger partial charge in [0.05, 0.1) is 0 Å². The summed E-state index contributed by atoms with van der Waals surface area (Å²) in [4.78, 5) is 20.5. The zero-order chi connectivity index (χ0) is 13.2. The van der Waals surface area contributed by atoms with Gasteiger partial charge in [-0.25, -0.2) is 9.78 Å². The van der Waals surface area contributed by atoms with Gasteiger partial charge in [-0.15, -0.1) is 0 Å². The molecule has 0 spiro atoms. The Morgan fingerprint density at radius 2 is 1.94 bits per heavy atom. The normalized spacial score (nSPS) is 11.2. The molecule has 0 fully saturated rings. The number of aromatic nitrogens is 2. The lowest BCUT2D eigenvalue weighted by molar-refractivity contribution is 0.0588. The van der Waals surface area contributed by atoms with Crippen LogP contribution in [0.5, 0.6) is 0 Å². The van der Waals surface area contributed by atoms with Crippen LogP contribution >= 0.6 is 23.2 Å². The highest BCUT2D eigenvalue weighted by atomic mass is 35.5. The molecule has 0 unspecified atom stereocenters. The van der Waals surface area contributed by atoms with Crippen molar-refractivity contribution in [3.05, 3.63) is 16.5 Å². The van der Waals surface area contributed by atoms with E-state index in [0.29, 0.717) is 0 Å². The molecule has 0 aliphatic heterocycles. The number of carbonyl (C=O) groups excluding carboxylic acids is 1. The molecular weight excluding hydrogens is 265 g/mol. The highest BCUT2D eigenvalue weighted by Crippen LogP contribution is 2.19. The molecule has 17 heavy (non-hydrogen) atoms. The van der Waals surface area contributed by atoms with Crippen molar-refractivity contribution in [3.63, 3.8) is 0 Å². The van der Waals surface area contributed by atoms with Crippen molar-refractivity contribution >= 4 is 35.1 Å². The molecule has 94 valence electrons. The van der Waals surface area contributed by atoms with Crippen LogP contribution in [0.15, 0.2) is 6.07 Å². The molecule has 0 aliphatic carbocycles. The van der Waals surface area contributed by atoms with Crippen LogP contribution in [0.4, 0.5) is 10.6 Å². The zero-order valence-electron chi connectivity index (χ0n) is 9.99. The second-order valence-corrected chi connectivity index (χ2v) is 5.08. The first-order valence-electron chi connectivity index (χ1n) is 4.86. The Hall–Kier alpha value is -1.07. The lowest BCUT2D eigenvalue weighted by Gasteiger charge is -2.24. The lowest BCUT2D eigenvalue weighted by atomic mass is 10.2. The van der Waals surface area contributed by atoms with E-state index in [4.69, 9.17) is 27.9 Å². The summed E-state index contributed by atoms with van der Waals surface area (Å²) in [6.07, 6.45) is -0.539. The molecule has 5 nitrogen and oxygen atoms in total. The van der Waals surface area contributed by atoms with Crippen molar-refractivity contribution in [1.82, 2.24) is 9.97 Å². The SMILES string of the molecule is CN(C(=O)OC(C)(C)C)c1cc(Cl)nc(Cl)n1. The Morgan fingerprint density at radius 3 is 2.41 bits per heavy atom. The van der Waals surface area contributed by atoms with Crippen molar-refractivity contribution in [3.8, 4) is 0 Å². The topological polar surface area (TPSA) is 55.3 Å². The predicted octanol–water partition coefficient (Wildman–Crippen LogP) is 3.15. The molecule has 0 radical (unpaired) electrons. The van der Waals surface area contributed by atoms with Gasteiger partial charge in [-0.05, 0) is 32.4 Å². The van der Waals surface area contributed by atoms with Gasteiger partial charge >= 0.3 is 6.09 Å². The average molecular weight is 278 g/mol. The molecule has 1 rings (SSSR count). The van der Waals surface area contributed by atoms with Gasteiger partial charge in [-0.2, -0.15) is 4.98 Å². The highest BCUT2D eigenvalue weighted by Gasteiger charge is 2.21. The van der Waals surface area contributed by atoms with Crippen LogP contribution in [0.25, 0.3) is 0 Å². The van der Waals surface area contributed by atoms with Gasteiger partial charge in [0.25, 0.3) is 0 Å². The summed E-state index contributed by atoms with van der Waals surface area (Å²) >= 11 is 11.4. The maximum absolute atomic E-state index is 11.7. The number of carbonyl (C=O) groups is 1. The summed E-state index contributed by atoms with van der Waals surface area (Å²) in [6, 6.07) is 1.43. The van der Waals surface area contributed by atoms with E-state index in [9.17, 15) is 4.79 Å². The van der Waals surface area contributed by atoms with Crippen LogP contribution in [0.3, 0.4) is 0 Å². The van der Waals surface area contributed by atoms with Crippen LogP contribution in [0.1, 0.15) is 20.8 Å². The fraction of sp³-hybridized carbons (Fsp3) is 0.500. The number of hydrogen-bond donors (Lipinski definition) is 0. The molecule has 7 heteroatoms. The van der Waals surface area contributed by atoms with E-state index in [0.717, 1.165) is 0 Å². The zero-order valence-corrected chi connectivity index (χ0v) is 11.5. The van der Waals surface area contributed by atoms with Crippen molar-refractivity contribution in [2.45, 2.75) is 26.4 Å². The number of anilines is 1. The molecule has 0 bridgehead atoms. The second-order valence-electron chi connectivity index (χ2n) is 4.36. The number of rotatable bonds is 1. The van der Waals surface area contributed by atoms with Crippen molar-refractivity contribution in [2.24, 2.45) is 0 Å². The van der Waals surface area contributed by atoms with E-state index >= 15 is 0 Å². The third kappa shape index (κ3) is 4.36. The molecule has 0 N–H and O–H groups in total. The van der Waals surface area contributed by atoms with Crippen LogP contribution in [0, 0.1) is 0 Å². The minimum Gasteiger partial charge on any atom is -0.443 e. The molecule has 1 amide bonds. The maximum atomic E-state index is 11.7. The van der Waals surface area contributed by atoms with Crippen molar-refractivity contribution in [1.29, 1.82) is 0 Å². The van der Waals surface area contributed by atoms with Gasteiger partial charge in [0.15, 0.2) is 0 Å². The van der Waals surface area contributed by atoms with Gasteiger partial charge in [0.2, 0.25) is 5.28 Å². The smallest absolute Gasteiger partial charge is 0.415 e. The minimum atomic E-state index is -0.577. The van der Waals surface area contributed by atoms with Crippen LogP contribution < -0.4 is 4.90 Å². The Labute approximate surface area is 110 Å². The van der Waals surface area contributed by atoms with Gasteiger partial charge in [0.1, 0.15) is 16.6 Å². The summed E-state index contributed by atoms with van der Waals surface area (Å²) in [6.45, 7) is 5.33. The summed E-state index contributed by atoms with van der Waals surface area (Å²) in [7, 11) is 1.52. The number of hydrogen-bond acceptors (Lipinski definition) is 4. The molecule has 0 saturated heterocycles. The number of amides is 1. The largest absolute Gasteiger partial charge is 0.443 e. The van der Waals surface area contributed by atoms with E-state index < -0.39 is 11.7 Å². The Kier molecular flexibility index (Phi) is 4.16. The first kappa shape index (κ1) is 14.0. The van der Waals surface area contributed by atoms with Gasteiger partial charge < -0.3 is 4.74 Å². The van der Waals surface area contributed by atoms with E-state index in [1.807, 2.05) is 0 Å². The first-order chi connectivity index (χ1) is 7.69. The predicted molar refractivity (Wildman–Crippen MR) is 66.7 cm³/mol. The van der Waals surface area contributed by atoms with Gasteiger partial charge in [-0.3, -0.25) is 4.90 Å². The fourth-order valence-electron chi connectivity index (χ4n) is 0.974. The third-order valence-electron chi connectivity index (χ3n) is 1.67. The second kappa shape index (κ2) is 5.06. The Bertz CT molecular complexity index is 412. The summed E-state index contributed by atoms with van der Waals surface area (Å²) in [5.41, 5.74) is -0.577. The molecule has 1 aromatic heterocycles. The molecule has 0 aromatic carbocycles. The van der Waals surface area contributed by atoms with Crippen LogP contribution in [-0.4, -0.2) is 28.7 Å². The fourth-order valence-corrected chi connectivity index (χ4v) is 1.37. The van der Waals surface area contributed by atoms with Crippen LogP contribution in [-0.2, 0) is 4.74 Å². The van der Waals surface area contributed by atoms with E-state index in [1.54, 1.807) is 20.8 Å². The van der Waals surface area contributed by atoms with E-state index in [1.165, 1.54) is 18.0 Å². The highest BCUT2D eigenvalue weighted by molar-refractivity contribution is 6.32. The standard InChI is InChI=1S/C10H13Cl2N3O2/c1-10(2,3)17-9(16)15(4)7-5-6(11)13-8(12)14-7/h5H,1-4H3. The lowest BCUT2D eigenvalue weighted by Crippen LogP contribution is -2.34. The Morgan fingerprint density at radius 1 is 1.35 bits per heavy atom. The maximum Gasteiger partial charge on any atom is 0.415 e. The molecule has 0 saturated carbocycles. The minimum absolute atomic E-state index is 0.0251. The van der Waals surface area contributed by atoms with E-state index in [-0.39, 0.29) is 16.3 Å². The van der Waals surface area contributed by atoms with Gasteiger partial charge in [0, 0.05) is 13.1 Å². The third-order valence-corrected chi connectivity index (χ3v) is 2.03. The number of nitrogens with zero attached hydrogens (tertiary/aromatic N) is 3. The summed E-state index contributed by atoms with van der Waals surface area (Å²) in [5.74, 6) is 0.282. The molecule has 1 aromatic rings. The summed E-state index contributed by atoms with van der Waals surface area (Å²) in [5, 5.41) is 0.137. The van der Waals surface area contributed by atoms with Crippen molar-refractivity contribution < 1.29 is 9.53 Å². The molecule has 0 aliphatic rings. The quantitative estimate of drug-likeness (QED) is 0.585. The van der Waals surface area contributed by atoms with Crippen LogP contribution in [0.2, 0.25) is 10.4 Å². The molecular formula is C10H13Cl2N3O2. The van der Waals surface area contributed by atoms with Crippen molar-refractivity contribution in [2.75, 3.05) is 11.9 Å². The monoisotopic (exact) mass is 277 g/mol. The molecule has 0 atom stereocenters.